The van der Waals surface area contributed by atoms with Gasteiger partial charge in [0.25, 0.3) is 0 Å². The average Bonchev–Trinajstić information content (AvgIpc) is 2.44. The molecule has 1 aromatic carbocycles. The lowest BCUT2D eigenvalue weighted by Crippen LogP contribution is -2.34. The van der Waals surface area contributed by atoms with Crippen LogP contribution in [0.3, 0.4) is 0 Å². The predicted octanol–water partition coefficient (Wildman–Crippen LogP) is 2.36. The zero-order chi connectivity index (χ0) is 16.5. The van der Waals surface area contributed by atoms with Crippen LogP contribution in [0.2, 0.25) is 0 Å². The highest BCUT2D eigenvalue weighted by Gasteiger charge is 2.09. The number of aliphatic hydroxyl groups excluding tert-OH is 1. The molecule has 0 bridgehead atoms. The maximum absolute atomic E-state index is 10.9. The van der Waals surface area contributed by atoms with E-state index in [1.807, 2.05) is 7.05 Å². The normalized spacial score (nSPS) is 12.5. The fraction of sp³-hybridized carbons (Fsp3) is 0.588. The van der Waals surface area contributed by atoms with Crippen LogP contribution in [0.4, 0.5) is 5.69 Å². The van der Waals surface area contributed by atoms with E-state index in [0.29, 0.717) is 18.2 Å². The lowest BCUT2D eigenvalue weighted by Gasteiger charge is -2.21. The summed E-state index contributed by atoms with van der Waals surface area (Å²) in [6.45, 7) is 7.68. The molecule has 1 atom stereocenters. The van der Waals surface area contributed by atoms with Gasteiger partial charge >= 0.3 is 0 Å². The van der Waals surface area contributed by atoms with Gasteiger partial charge < -0.3 is 20.1 Å². The molecule has 0 radical (unpaired) electrons. The van der Waals surface area contributed by atoms with Crippen LogP contribution in [-0.4, -0.2) is 48.8 Å². The zero-order valence-electron chi connectivity index (χ0n) is 14.0. The van der Waals surface area contributed by atoms with Crippen molar-refractivity contribution in [2.75, 3.05) is 32.1 Å². The molecule has 0 aromatic heterocycles. The SMILES string of the molecule is CC(=O)Nc1ccc(OCC(O)CN(C)CCC(C)C)cc1. The van der Waals surface area contributed by atoms with Crippen LogP contribution in [0.15, 0.2) is 24.3 Å². The molecule has 5 nitrogen and oxygen atoms in total. The summed E-state index contributed by atoms with van der Waals surface area (Å²) in [7, 11) is 2.01. The largest absolute Gasteiger partial charge is 0.491 e. The van der Waals surface area contributed by atoms with Crippen molar-refractivity contribution in [2.45, 2.75) is 33.3 Å². The van der Waals surface area contributed by atoms with E-state index in [4.69, 9.17) is 4.74 Å². The van der Waals surface area contributed by atoms with Gasteiger partial charge in [-0.1, -0.05) is 13.8 Å². The van der Waals surface area contributed by atoms with Crippen molar-refractivity contribution in [1.82, 2.24) is 4.90 Å². The predicted molar refractivity (Wildman–Crippen MR) is 89.2 cm³/mol. The number of nitrogens with one attached hydrogen (secondary N) is 1. The lowest BCUT2D eigenvalue weighted by molar-refractivity contribution is -0.114. The summed E-state index contributed by atoms with van der Waals surface area (Å²) >= 11 is 0. The molecule has 1 rings (SSSR count). The molecule has 22 heavy (non-hydrogen) atoms. The number of hydrogen-bond donors (Lipinski definition) is 2. The van der Waals surface area contributed by atoms with E-state index in [0.717, 1.165) is 18.7 Å². The molecule has 0 heterocycles. The summed E-state index contributed by atoms with van der Waals surface area (Å²) in [6.07, 6.45) is 0.599. The van der Waals surface area contributed by atoms with E-state index in [1.165, 1.54) is 6.92 Å². The Kier molecular flexibility index (Phi) is 7.91. The van der Waals surface area contributed by atoms with E-state index in [1.54, 1.807) is 24.3 Å². The second kappa shape index (κ2) is 9.43. The lowest BCUT2D eigenvalue weighted by atomic mass is 10.1. The number of rotatable bonds is 9. The minimum atomic E-state index is -0.521. The van der Waals surface area contributed by atoms with Crippen molar-refractivity contribution >= 4 is 11.6 Å². The number of carbonyl (C=O) groups is 1. The van der Waals surface area contributed by atoms with Gasteiger partial charge in [0.1, 0.15) is 18.5 Å². The van der Waals surface area contributed by atoms with Gasteiger partial charge in [0.05, 0.1) is 0 Å². The summed E-state index contributed by atoms with van der Waals surface area (Å²) in [5.74, 6) is 1.24. The van der Waals surface area contributed by atoms with Crippen LogP contribution in [0.1, 0.15) is 27.2 Å². The fourth-order valence-electron chi connectivity index (χ4n) is 2.01. The minimum Gasteiger partial charge on any atom is -0.491 e. The van der Waals surface area contributed by atoms with Crippen molar-refractivity contribution in [1.29, 1.82) is 0 Å². The fourth-order valence-corrected chi connectivity index (χ4v) is 2.01. The van der Waals surface area contributed by atoms with Gasteiger partial charge in [-0.15, -0.1) is 0 Å². The molecule has 124 valence electrons. The molecular weight excluding hydrogens is 280 g/mol. The van der Waals surface area contributed by atoms with Crippen molar-refractivity contribution in [3.05, 3.63) is 24.3 Å². The summed E-state index contributed by atoms with van der Waals surface area (Å²) in [5, 5.41) is 12.7. The third kappa shape index (κ3) is 8.00. The first kappa shape index (κ1) is 18.5. The molecule has 0 spiro atoms. The molecule has 2 N–H and O–H groups in total. The summed E-state index contributed by atoms with van der Waals surface area (Å²) < 4.78 is 5.56. The van der Waals surface area contributed by atoms with Crippen molar-refractivity contribution in [3.63, 3.8) is 0 Å². The van der Waals surface area contributed by atoms with Gasteiger partial charge in [0, 0.05) is 19.2 Å². The Morgan fingerprint density at radius 3 is 2.50 bits per heavy atom. The molecule has 0 fully saturated rings. The highest BCUT2D eigenvalue weighted by atomic mass is 16.5. The van der Waals surface area contributed by atoms with Crippen molar-refractivity contribution in [2.24, 2.45) is 5.92 Å². The molecule has 0 saturated carbocycles. The Hall–Kier alpha value is -1.59. The van der Waals surface area contributed by atoms with Crippen LogP contribution in [-0.2, 0) is 4.79 Å². The number of amides is 1. The smallest absolute Gasteiger partial charge is 0.221 e. The maximum Gasteiger partial charge on any atom is 0.221 e. The molecule has 0 aliphatic rings. The first-order chi connectivity index (χ1) is 10.4. The highest BCUT2D eigenvalue weighted by molar-refractivity contribution is 5.88. The summed E-state index contributed by atoms with van der Waals surface area (Å²) in [5.41, 5.74) is 0.730. The molecule has 5 heteroatoms. The third-order valence-electron chi connectivity index (χ3n) is 3.23. The van der Waals surface area contributed by atoms with Gasteiger partial charge in [0.2, 0.25) is 5.91 Å². The van der Waals surface area contributed by atoms with Crippen LogP contribution < -0.4 is 10.1 Å². The second-order valence-corrected chi connectivity index (χ2v) is 6.12. The Labute approximate surface area is 133 Å². The minimum absolute atomic E-state index is 0.103. The summed E-state index contributed by atoms with van der Waals surface area (Å²) in [4.78, 5) is 13.0. The van der Waals surface area contributed by atoms with Crippen LogP contribution >= 0.6 is 0 Å². The standard InChI is InChI=1S/C17H28N2O3/c1-13(2)9-10-19(4)11-16(21)12-22-17-7-5-15(6-8-17)18-14(3)20/h5-8,13,16,21H,9-12H2,1-4H3,(H,18,20). The zero-order valence-corrected chi connectivity index (χ0v) is 14.0. The second-order valence-electron chi connectivity index (χ2n) is 6.12. The Balaban J connectivity index is 2.31. The number of nitrogens with zero attached hydrogens (tertiary/aromatic N) is 1. The van der Waals surface area contributed by atoms with E-state index in [9.17, 15) is 9.90 Å². The van der Waals surface area contributed by atoms with Crippen molar-refractivity contribution < 1.29 is 14.6 Å². The van der Waals surface area contributed by atoms with E-state index in [-0.39, 0.29) is 12.5 Å². The van der Waals surface area contributed by atoms with Gasteiger partial charge in [-0.3, -0.25) is 4.79 Å². The number of anilines is 1. The van der Waals surface area contributed by atoms with E-state index < -0.39 is 6.10 Å². The molecular formula is C17H28N2O3. The van der Waals surface area contributed by atoms with Gasteiger partial charge in [-0.05, 0) is 50.2 Å². The number of hydrogen-bond acceptors (Lipinski definition) is 4. The topological polar surface area (TPSA) is 61.8 Å². The number of likely N-dealkylation sites (N-methyl/N-ethyl adjacent to an activating group) is 1. The molecule has 0 saturated heterocycles. The van der Waals surface area contributed by atoms with Gasteiger partial charge in [-0.2, -0.15) is 0 Å². The monoisotopic (exact) mass is 308 g/mol. The molecule has 0 aliphatic heterocycles. The maximum atomic E-state index is 10.9. The van der Waals surface area contributed by atoms with Gasteiger partial charge in [0.15, 0.2) is 0 Å². The van der Waals surface area contributed by atoms with Crippen LogP contribution in [0.25, 0.3) is 0 Å². The van der Waals surface area contributed by atoms with Crippen LogP contribution in [0.5, 0.6) is 5.75 Å². The Bertz CT molecular complexity index is 446. The first-order valence-corrected chi connectivity index (χ1v) is 7.74. The summed E-state index contributed by atoms with van der Waals surface area (Å²) in [6, 6.07) is 7.11. The highest BCUT2D eigenvalue weighted by Crippen LogP contribution is 2.15. The van der Waals surface area contributed by atoms with Crippen molar-refractivity contribution in [3.8, 4) is 5.75 Å². The average molecular weight is 308 g/mol. The molecule has 0 aliphatic carbocycles. The Morgan fingerprint density at radius 1 is 1.32 bits per heavy atom. The van der Waals surface area contributed by atoms with E-state index >= 15 is 0 Å². The van der Waals surface area contributed by atoms with Gasteiger partial charge in [-0.25, -0.2) is 0 Å². The molecule has 1 aromatic rings. The number of aliphatic hydroxyl groups is 1. The quantitative estimate of drug-likeness (QED) is 0.735. The third-order valence-corrected chi connectivity index (χ3v) is 3.23. The Morgan fingerprint density at radius 2 is 1.95 bits per heavy atom. The number of carbonyl (C=O) groups excluding carboxylic acids is 1. The molecule has 1 amide bonds. The number of benzene rings is 1. The number of ether oxygens (including phenoxy) is 1. The van der Waals surface area contributed by atoms with Crippen LogP contribution in [0, 0.1) is 5.92 Å². The van der Waals surface area contributed by atoms with E-state index in [2.05, 4.69) is 24.1 Å². The molecule has 1 unspecified atom stereocenters. The first-order valence-electron chi connectivity index (χ1n) is 7.74.